The lowest BCUT2D eigenvalue weighted by Crippen LogP contribution is -2.19. The summed E-state index contributed by atoms with van der Waals surface area (Å²) in [6.45, 7) is 0. The van der Waals surface area contributed by atoms with Gasteiger partial charge in [-0.25, -0.2) is 0 Å². The zero-order chi connectivity index (χ0) is 15.5. The molecule has 0 aliphatic carbocycles. The molecule has 0 aliphatic heterocycles. The average molecular weight is 295 g/mol. The van der Waals surface area contributed by atoms with E-state index in [9.17, 15) is 18.0 Å². The van der Waals surface area contributed by atoms with Gasteiger partial charge in [0.1, 0.15) is 5.75 Å². The number of hydrogen-bond donors (Lipinski definition) is 1. The molecule has 0 aliphatic rings. The first-order chi connectivity index (χ1) is 9.85. The Morgan fingerprint density at radius 3 is 2.29 bits per heavy atom. The smallest absolute Gasteiger partial charge is 0.405 e. The maximum absolute atomic E-state index is 12.3. The van der Waals surface area contributed by atoms with Gasteiger partial charge in [-0.05, 0) is 29.8 Å². The van der Waals surface area contributed by atoms with Crippen LogP contribution in [-0.2, 0) is 6.42 Å². The number of nitrogens with two attached hydrogens (primary N) is 1. The number of ether oxygens (including phenoxy) is 1. The van der Waals surface area contributed by atoms with E-state index in [2.05, 4.69) is 4.74 Å². The standard InChI is InChI=1S/C15H12F3NO2/c16-15(17,18)21-14-4-2-1-3-12(14)13(20)9-10-5-7-11(19)8-6-10/h1-8H,9,19H2. The van der Waals surface area contributed by atoms with E-state index in [-0.39, 0.29) is 12.0 Å². The Kier molecular flexibility index (Phi) is 4.16. The van der Waals surface area contributed by atoms with Crippen LogP contribution in [0.1, 0.15) is 15.9 Å². The fourth-order valence-electron chi connectivity index (χ4n) is 1.83. The summed E-state index contributed by atoms with van der Waals surface area (Å²) in [5, 5.41) is 0. The van der Waals surface area contributed by atoms with Gasteiger partial charge < -0.3 is 10.5 Å². The maximum Gasteiger partial charge on any atom is 0.573 e. The summed E-state index contributed by atoms with van der Waals surface area (Å²) in [4.78, 5) is 12.1. The van der Waals surface area contributed by atoms with Crippen molar-refractivity contribution in [1.82, 2.24) is 0 Å². The van der Waals surface area contributed by atoms with Crippen molar-refractivity contribution < 1.29 is 22.7 Å². The second-order valence-electron chi connectivity index (χ2n) is 4.39. The number of benzene rings is 2. The van der Waals surface area contributed by atoms with E-state index in [1.807, 2.05) is 0 Å². The predicted octanol–water partition coefficient (Wildman–Crippen LogP) is 3.59. The van der Waals surface area contributed by atoms with Gasteiger partial charge in [-0.1, -0.05) is 24.3 Å². The van der Waals surface area contributed by atoms with E-state index < -0.39 is 17.9 Å². The molecular weight excluding hydrogens is 283 g/mol. The molecule has 0 fully saturated rings. The van der Waals surface area contributed by atoms with E-state index >= 15 is 0 Å². The molecule has 3 nitrogen and oxygen atoms in total. The van der Waals surface area contributed by atoms with E-state index in [4.69, 9.17) is 5.73 Å². The number of ketones is 1. The van der Waals surface area contributed by atoms with Crippen LogP contribution in [0.5, 0.6) is 5.75 Å². The van der Waals surface area contributed by atoms with Gasteiger partial charge >= 0.3 is 6.36 Å². The van der Waals surface area contributed by atoms with Crippen molar-refractivity contribution in [2.75, 3.05) is 5.73 Å². The van der Waals surface area contributed by atoms with Gasteiger partial charge in [0.15, 0.2) is 5.78 Å². The second kappa shape index (κ2) is 5.87. The number of carbonyl (C=O) groups excluding carboxylic acids is 1. The quantitative estimate of drug-likeness (QED) is 0.692. The number of anilines is 1. The zero-order valence-corrected chi connectivity index (χ0v) is 10.9. The first-order valence-corrected chi connectivity index (χ1v) is 6.07. The highest BCUT2D eigenvalue weighted by atomic mass is 19.4. The molecule has 0 unspecified atom stereocenters. The minimum absolute atomic E-state index is 0.0293. The van der Waals surface area contributed by atoms with Crippen molar-refractivity contribution in [3.05, 3.63) is 59.7 Å². The molecule has 2 aromatic carbocycles. The third-order valence-corrected chi connectivity index (χ3v) is 2.76. The fraction of sp³-hybridized carbons (Fsp3) is 0.133. The number of para-hydroxylation sites is 1. The molecule has 0 aromatic heterocycles. The number of Topliss-reactive ketones (excluding diaryl/α,β-unsaturated/α-hetero) is 1. The number of carbonyl (C=O) groups is 1. The van der Waals surface area contributed by atoms with Gasteiger partial charge in [-0.15, -0.1) is 13.2 Å². The summed E-state index contributed by atoms with van der Waals surface area (Å²) in [7, 11) is 0. The van der Waals surface area contributed by atoms with Gasteiger partial charge in [-0.3, -0.25) is 4.79 Å². The molecule has 110 valence electrons. The van der Waals surface area contributed by atoms with Crippen LogP contribution in [0.3, 0.4) is 0 Å². The lowest BCUT2D eigenvalue weighted by atomic mass is 10.0. The maximum atomic E-state index is 12.3. The van der Waals surface area contributed by atoms with E-state index in [1.54, 1.807) is 24.3 Å². The van der Waals surface area contributed by atoms with E-state index in [1.165, 1.54) is 18.2 Å². The van der Waals surface area contributed by atoms with Crippen molar-refractivity contribution >= 4 is 11.5 Å². The highest BCUT2D eigenvalue weighted by Crippen LogP contribution is 2.27. The summed E-state index contributed by atoms with van der Waals surface area (Å²) in [6, 6.07) is 11.8. The molecule has 0 spiro atoms. The monoisotopic (exact) mass is 295 g/mol. The molecule has 0 heterocycles. The number of alkyl halides is 3. The van der Waals surface area contributed by atoms with Crippen LogP contribution < -0.4 is 10.5 Å². The molecule has 21 heavy (non-hydrogen) atoms. The van der Waals surface area contributed by atoms with Crippen LogP contribution in [0, 0.1) is 0 Å². The number of halogens is 3. The zero-order valence-electron chi connectivity index (χ0n) is 10.9. The average Bonchev–Trinajstić information content (AvgIpc) is 2.40. The van der Waals surface area contributed by atoms with Crippen LogP contribution in [0.25, 0.3) is 0 Å². The molecule has 0 atom stereocenters. The largest absolute Gasteiger partial charge is 0.573 e. The van der Waals surface area contributed by atoms with Gasteiger partial charge in [0.2, 0.25) is 0 Å². The second-order valence-corrected chi connectivity index (χ2v) is 4.39. The van der Waals surface area contributed by atoms with E-state index in [0.29, 0.717) is 11.3 Å². The SMILES string of the molecule is Nc1ccc(CC(=O)c2ccccc2OC(F)(F)F)cc1. The van der Waals surface area contributed by atoms with Gasteiger partial charge in [0, 0.05) is 12.1 Å². The normalized spacial score (nSPS) is 11.2. The lowest BCUT2D eigenvalue weighted by Gasteiger charge is -2.12. The molecule has 2 rings (SSSR count). The van der Waals surface area contributed by atoms with Crippen molar-refractivity contribution in [1.29, 1.82) is 0 Å². The molecule has 0 bridgehead atoms. The fourth-order valence-corrected chi connectivity index (χ4v) is 1.83. The van der Waals surface area contributed by atoms with Crippen molar-refractivity contribution in [2.45, 2.75) is 12.8 Å². The highest BCUT2D eigenvalue weighted by molar-refractivity contribution is 6.00. The summed E-state index contributed by atoms with van der Waals surface area (Å²) in [6.07, 6.45) is -4.86. The Hall–Kier alpha value is -2.50. The minimum Gasteiger partial charge on any atom is -0.405 e. The van der Waals surface area contributed by atoms with E-state index in [0.717, 1.165) is 6.07 Å². The molecule has 2 N–H and O–H groups in total. The summed E-state index contributed by atoms with van der Waals surface area (Å²) in [5.74, 6) is -0.954. The summed E-state index contributed by atoms with van der Waals surface area (Å²) >= 11 is 0. The van der Waals surface area contributed by atoms with Crippen LogP contribution in [0.4, 0.5) is 18.9 Å². The predicted molar refractivity (Wildman–Crippen MR) is 72.0 cm³/mol. The first-order valence-electron chi connectivity index (χ1n) is 6.07. The molecular formula is C15H12F3NO2. The van der Waals surface area contributed by atoms with Gasteiger partial charge in [-0.2, -0.15) is 0 Å². The number of hydrogen-bond acceptors (Lipinski definition) is 3. The minimum atomic E-state index is -4.84. The van der Waals surface area contributed by atoms with Gasteiger partial charge in [0.05, 0.1) is 5.56 Å². The van der Waals surface area contributed by atoms with Crippen LogP contribution in [-0.4, -0.2) is 12.1 Å². The molecule has 0 saturated carbocycles. The molecule has 2 aromatic rings. The van der Waals surface area contributed by atoms with Crippen LogP contribution in [0.2, 0.25) is 0 Å². The van der Waals surface area contributed by atoms with Crippen molar-refractivity contribution in [2.24, 2.45) is 0 Å². The van der Waals surface area contributed by atoms with Crippen LogP contribution >= 0.6 is 0 Å². The first kappa shape index (κ1) is 14.9. The molecule has 0 radical (unpaired) electrons. The molecule has 0 amide bonds. The molecule has 0 saturated heterocycles. The van der Waals surface area contributed by atoms with Crippen LogP contribution in [0.15, 0.2) is 48.5 Å². The summed E-state index contributed by atoms with van der Waals surface area (Å²) in [5.41, 5.74) is 6.64. The van der Waals surface area contributed by atoms with Crippen molar-refractivity contribution in [3.63, 3.8) is 0 Å². The lowest BCUT2D eigenvalue weighted by molar-refractivity contribution is -0.274. The Balaban J connectivity index is 2.21. The third-order valence-electron chi connectivity index (χ3n) is 2.76. The third kappa shape index (κ3) is 4.24. The Morgan fingerprint density at radius 2 is 1.67 bits per heavy atom. The molecule has 6 heteroatoms. The number of rotatable bonds is 4. The Bertz CT molecular complexity index is 636. The topological polar surface area (TPSA) is 52.3 Å². The Morgan fingerprint density at radius 1 is 1.05 bits per heavy atom. The Labute approximate surface area is 119 Å². The van der Waals surface area contributed by atoms with Gasteiger partial charge in [0.25, 0.3) is 0 Å². The van der Waals surface area contributed by atoms with Crippen molar-refractivity contribution in [3.8, 4) is 5.75 Å². The summed E-state index contributed by atoms with van der Waals surface area (Å²) < 4.78 is 40.8. The number of nitrogen functional groups attached to an aromatic ring is 1. The highest BCUT2D eigenvalue weighted by Gasteiger charge is 2.32.